The molecule has 3 aliphatic carbocycles. The van der Waals surface area contributed by atoms with E-state index < -0.39 is 0 Å². The predicted octanol–water partition coefficient (Wildman–Crippen LogP) is 3.53. The molecule has 16 heavy (non-hydrogen) atoms. The van der Waals surface area contributed by atoms with Gasteiger partial charge in [-0.25, -0.2) is 0 Å². The summed E-state index contributed by atoms with van der Waals surface area (Å²) in [6, 6.07) is 0. The van der Waals surface area contributed by atoms with Gasteiger partial charge in [-0.1, -0.05) is 32.4 Å². The molecule has 3 aliphatic rings. The monoisotopic (exact) mass is 220 g/mol. The van der Waals surface area contributed by atoms with Crippen LogP contribution in [0.5, 0.6) is 0 Å². The van der Waals surface area contributed by atoms with Crippen LogP contribution in [0.2, 0.25) is 0 Å². The van der Waals surface area contributed by atoms with Gasteiger partial charge in [0, 0.05) is 0 Å². The Morgan fingerprint density at radius 3 is 2.69 bits per heavy atom. The van der Waals surface area contributed by atoms with Crippen LogP contribution >= 0.6 is 0 Å². The Kier molecular flexibility index (Phi) is 2.12. The van der Waals surface area contributed by atoms with Gasteiger partial charge in [-0.05, 0) is 54.8 Å². The van der Waals surface area contributed by atoms with E-state index in [1.54, 1.807) is 5.57 Å². The molecule has 3 rings (SSSR count). The van der Waals surface area contributed by atoms with E-state index in [1.807, 2.05) is 0 Å². The maximum absolute atomic E-state index is 9.99. The van der Waals surface area contributed by atoms with Gasteiger partial charge < -0.3 is 5.11 Å². The van der Waals surface area contributed by atoms with E-state index in [0.717, 1.165) is 18.3 Å². The molecule has 0 aromatic heterocycles. The Labute approximate surface area is 98.9 Å². The van der Waals surface area contributed by atoms with Gasteiger partial charge >= 0.3 is 0 Å². The fraction of sp³-hybridized carbons (Fsp3) is 0.867. The molecule has 2 bridgehead atoms. The van der Waals surface area contributed by atoms with Crippen LogP contribution in [0.25, 0.3) is 0 Å². The summed E-state index contributed by atoms with van der Waals surface area (Å²) in [6.45, 7) is 7.21. The SMILES string of the molecule is CC1(C)C[C@@H]2C3=C[C@@H](O)C[C@](C)(CC[C@@H]21)C3. The summed E-state index contributed by atoms with van der Waals surface area (Å²) in [7, 11) is 0. The molecular weight excluding hydrogens is 196 g/mol. The molecule has 1 heteroatoms. The molecule has 4 atom stereocenters. The summed E-state index contributed by atoms with van der Waals surface area (Å²) in [6.07, 6.45) is 8.27. The second kappa shape index (κ2) is 3.13. The minimum absolute atomic E-state index is 0.170. The zero-order valence-corrected chi connectivity index (χ0v) is 10.8. The zero-order chi connectivity index (χ0) is 11.6. The Hall–Kier alpha value is -0.300. The molecule has 0 aromatic rings. The Balaban J connectivity index is 1.93. The third kappa shape index (κ3) is 1.48. The number of rotatable bonds is 0. The molecule has 90 valence electrons. The molecule has 0 amide bonds. The predicted molar refractivity (Wildman–Crippen MR) is 66.0 cm³/mol. The second-order valence-electron chi connectivity index (χ2n) is 7.44. The normalized spacial score (nSPS) is 49.8. The van der Waals surface area contributed by atoms with Gasteiger partial charge in [-0.3, -0.25) is 0 Å². The third-order valence-electron chi connectivity index (χ3n) is 5.51. The highest BCUT2D eigenvalue weighted by Gasteiger charge is 2.52. The molecule has 0 aliphatic heterocycles. The van der Waals surface area contributed by atoms with E-state index in [9.17, 15) is 5.11 Å². The quantitative estimate of drug-likeness (QED) is 0.619. The standard InChI is InChI=1S/C15H24O/c1-14(2)9-12-10-6-11(16)8-15(3,7-10)5-4-13(12)14/h6,11-13,16H,4-5,7-9H2,1-3H3/t11-,12-,13+,15-/m1/s1. The highest BCUT2D eigenvalue weighted by molar-refractivity contribution is 5.24. The summed E-state index contributed by atoms with van der Waals surface area (Å²) in [5.74, 6) is 1.68. The van der Waals surface area contributed by atoms with Crippen molar-refractivity contribution in [3.05, 3.63) is 11.6 Å². The Morgan fingerprint density at radius 2 is 2.00 bits per heavy atom. The summed E-state index contributed by atoms with van der Waals surface area (Å²) < 4.78 is 0. The first kappa shape index (κ1) is 10.8. The molecule has 2 saturated carbocycles. The highest BCUT2D eigenvalue weighted by atomic mass is 16.3. The van der Waals surface area contributed by atoms with Gasteiger partial charge in [-0.2, -0.15) is 0 Å². The van der Waals surface area contributed by atoms with Crippen molar-refractivity contribution in [3.8, 4) is 0 Å². The van der Waals surface area contributed by atoms with Crippen LogP contribution < -0.4 is 0 Å². The van der Waals surface area contributed by atoms with Crippen molar-refractivity contribution < 1.29 is 5.11 Å². The van der Waals surface area contributed by atoms with Crippen molar-refractivity contribution >= 4 is 0 Å². The van der Waals surface area contributed by atoms with Crippen molar-refractivity contribution in [2.75, 3.05) is 0 Å². The molecule has 0 unspecified atom stereocenters. The molecule has 0 aromatic carbocycles. The van der Waals surface area contributed by atoms with E-state index in [-0.39, 0.29) is 6.10 Å². The van der Waals surface area contributed by atoms with Gasteiger partial charge in [0.25, 0.3) is 0 Å². The number of hydrogen-bond donors (Lipinski definition) is 1. The largest absolute Gasteiger partial charge is 0.389 e. The molecule has 0 spiro atoms. The summed E-state index contributed by atoms with van der Waals surface area (Å²) in [5, 5.41) is 9.99. The fourth-order valence-corrected chi connectivity index (χ4v) is 4.61. The summed E-state index contributed by atoms with van der Waals surface area (Å²) >= 11 is 0. The summed E-state index contributed by atoms with van der Waals surface area (Å²) in [4.78, 5) is 0. The summed E-state index contributed by atoms with van der Waals surface area (Å²) in [5.41, 5.74) is 2.52. The number of allylic oxidation sites excluding steroid dienone is 1. The average Bonchev–Trinajstić information content (AvgIpc) is 2.19. The number of aliphatic hydroxyl groups is 1. The fourth-order valence-electron chi connectivity index (χ4n) is 4.61. The lowest BCUT2D eigenvalue weighted by Gasteiger charge is -2.52. The van der Waals surface area contributed by atoms with Crippen LogP contribution in [-0.2, 0) is 0 Å². The van der Waals surface area contributed by atoms with E-state index in [4.69, 9.17) is 0 Å². The first-order chi connectivity index (χ1) is 7.40. The number of hydrogen-bond acceptors (Lipinski definition) is 1. The first-order valence-corrected chi connectivity index (χ1v) is 6.78. The van der Waals surface area contributed by atoms with Gasteiger partial charge in [0.2, 0.25) is 0 Å². The van der Waals surface area contributed by atoms with E-state index in [2.05, 4.69) is 26.8 Å². The topological polar surface area (TPSA) is 20.2 Å². The van der Waals surface area contributed by atoms with Crippen LogP contribution in [0, 0.1) is 22.7 Å². The van der Waals surface area contributed by atoms with E-state index in [0.29, 0.717) is 10.8 Å². The van der Waals surface area contributed by atoms with Crippen LogP contribution in [0.4, 0.5) is 0 Å². The molecule has 1 N–H and O–H groups in total. The lowest BCUT2D eigenvalue weighted by molar-refractivity contribution is 0.00655. The van der Waals surface area contributed by atoms with Crippen molar-refractivity contribution in [2.24, 2.45) is 22.7 Å². The van der Waals surface area contributed by atoms with Crippen LogP contribution in [-0.4, -0.2) is 11.2 Å². The van der Waals surface area contributed by atoms with Crippen molar-refractivity contribution in [1.82, 2.24) is 0 Å². The van der Waals surface area contributed by atoms with Crippen LogP contribution in [0.3, 0.4) is 0 Å². The maximum atomic E-state index is 9.99. The number of fused-ring (bicyclic) bond motifs is 4. The van der Waals surface area contributed by atoms with E-state index in [1.165, 1.54) is 25.7 Å². The molecule has 2 fully saturated rings. The van der Waals surface area contributed by atoms with Gasteiger partial charge in [0.05, 0.1) is 6.10 Å². The van der Waals surface area contributed by atoms with Crippen LogP contribution in [0.15, 0.2) is 11.6 Å². The minimum Gasteiger partial charge on any atom is -0.389 e. The third-order valence-corrected chi connectivity index (χ3v) is 5.51. The van der Waals surface area contributed by atoms with Crippen molar-refractivity contribution in [1.29, 1.82) is 0 Å². The molecule has 1 nitrogen and oxygen atoms in total. The average molecular weight is 220 g/mol. The first-order valence-electron chi connectivity index (χ1n) is 6.78. The van der Waals surface area contributed by atoms with Gasteiger partial charge in [-0.15, -0.1) is 0 Å². The molecule has 0 heterocycles. The molecular formula is C15H24O. The lowest BCUT2D eigenvalue weighted by Crippen LogP contribution is -2.44. The van der Waals surface area contributed by atoms with Gasteiger partial charge in [0.15, 0.2) is 0 Å². The van der Waals surface area contributed by atoms with E-state index >= 15 is 0 Å². The van der Waals surface area contributed by atoms with Crippen LogP contribution in [0.1, 0.15) is 52.9 Å². The molecule has 0 saturated heterocycles. The smallest absolute Gasteiger partial charge is 0.0728 e. The lowest BCUT2D eigenvalue weighted by atomic mass is 9.53. The van der Waals surface area contributed by atoms with Crippen molar-refractivity contribution in [3.63, 3.8) is 0 Å². The van der Waals surface area contributed by atoms with Gasteiger partial charge in [0.1, 0.15) is 0 Å². The minimum atomic E-state index is -0.170. The van der Waals surface area contributed by atoms with Crippen molar-refractivity contribution in [2.45, 2.75) is 59.0 Å². The maximum Gasteiger partial charge on any atom is 0.0728 e. The molecule has 0 radical (unpaired) electrons. The Morgan fingerprint density at radius 1 is 1.25 bits per heavy atom. The number of aliphatic hydroxyl groups excluding tert-OH is 1. The highest BCUT2D eigenvalue weighted by Crippen LogP contribution is 2.61. The Bertz CT molecular complexity index is 341. The second-order valence-corrected chi connectivity index (χ2v) is 7.44. The zero-order valence-electron chi connectivity index (χ0n) is 10.8.